The summed E-state index contributed by atoms with van der Waals surface area (Å²) in [6.45, 7) is 4.30. The summed E-state index contributed by atoms with van der Waals surface area (Å²) in [6, 6.07) is 14.8. The number of benzene rings is 2. The van der Waals surface area contributed by atoms with Crippen molar-refractivity contribution in [2.24, 2.45) is 5.73 Å². The normalized spacial score (nSPS) is 17.1. The first-order chi connectivity index (χ1) is 19.9. The number of carbonyl (C=O) groups excluding carboxylic acids is 2. The minimum absolute atomic E-state index is 0.0737. The topological polar surface area (TPSA) is 122 Å². The molecule has 12 heteroatoms. The molecule has 5 rings (SSSR count). The van der Waals surface area contributed by atoms with Gasteiger partial charge in [0.2, 0.25) is 11.7 Å². The van der Waals surface area contributed by atoms with Crippen LogP contribution in [0.2, 0.25) is 0 Å². The number of likely N-dealkylation sites (tertiary alicyclic amines) is 2. The highest BCUT2D eigenvalue weighted by atomic mass is 79.9. The third-order valence-electron chi connectivity index (χ3n) is 7.96. The van der Waals surface area contributed by atoms with E-state index in [0.717, 1.165) is 78.5 Å². The fourth-order valence-corrected chi connectivity index (χ4v) is 6.24. The van der Waals surface area contributed by atoms with Gasteiger partial charge in [-0.1, -0.05) is 12.1 Å². The van der Waals surface area contributed by atoms with Gasteiger partial charge in [-0.15, -0.1) is 10.2 Å². The molecule has 0 unspecified atom stereocenters. The van der Waals surface area contributed by atoms with Gasteiger partial charge in [0.25, 0.3) is 5.91 Å². The molecule has 2 aliphatic rings. The first-order valence-corrected chi connectivity index (χ1v) is 15.9. The Labute approximate surface area is 257 Å². The molecule has 1 aromatic heterocycles. The summed E-state index contributed by atoms with van der Waals surface area (Å²) in [5.41, 5.74) is 7.82. The first-order valence-electron chi connectivity index (χ1n) is 14.3. The van der Waals surface area contributed by atoms with Gasteiger partial charge in [-0.25, -0.2) is 0 Å². The highest BCUT2D eigenvalue weighted by Crippen LogP contribution is 2.28. The van der Waals surface area contributed by atoms with Crippen LogP contribution in [0.1, 0.15) is 55.3 Å². The molecular formula is C29H36Br2N8O2. The molecule has 3 aromatic rings. The van der Waals surface area contributed by atoms with Gasteiger partial charge in [0.15, 0.2) is 0 Å². The number of unbranched alkanes of at least 4 members (excludes halogenated alkanes) is 1. The van der Waals surface area contributed by atoms with Crippen LogP contribution in [-0.4, -0.2) is 80.1 Å². The predicted octanol–water partition coefficient (Wildman–Crippen LogP) is 4.70. The number of carbonyl (C=O) groups is 2. The number of anilines is 1. The van der Waals surface area contributed by atoms with Crippen molar-refractivity contribution in [3.8, 4) is 11.4 Å². The molecule has 41 heavy (non-hydrogen) atoms. The molecule has 0 spiro atoms. The summed E-state index contributed by atoms with van der Waals surface area (Å²) in [5.74, 6) is 0.291. The molecular weight excluding hydrogens is 652 g/mol. The van der Waals surface area contributed by atoms with E-state index in [1.807, 2.05) is 29.2 Å². The van der Waals surface area contributed by atoms with E-state index < -0.39 is 0 Å². The summed E-state index contributed by atoms with van der Waals surface area (Å²) in [6.07, 6.45) is 6.07. The van der Waals surface area contributed by atoms with Crippen molar-refractivity contribution in [3.05, 3.63) is 57.0 Å². The van der Waals surface area contributed by atoms with E-state index in [1.165, 1.54) is 4.80 Å². The second kappa shape index (κ2) is 13.9. The standard InChI is InChI=1S/C29H36Br2N8O2/c30-25-9-8-23(19-26(25)31)33-22-10-15-37(16-11-22)24-12-17-38(18-13-24)29(41)21-6-4-20(5-7-21)28-34-36-39(35-28)14-2-1-3-27(32)40/h4-9,19,22,24,33H,1-3,10-18H2,(H2,32,40). The van der Waals surface area contributed by atoms with Crippen molar-refractivity contribution >= 4 is 49.4 Å². The highest BCUT2D eigenvalue weighted by molar-refractivity contribution is 9.13. The van der Waals surface area contributed by atoms with Gasteiger partial charge in [0.1, 0.15) is 0 Å². The number of hydrogen-bond acceptors (Lipinski definition) is 7. The number of halogens is 2. The number of aromatic nitrogens is 4. The van der Waals surface area contributed by atoms with Crippen LogP contribution >= 0.6 is 31.9 Å². The van der Waals surface area contributed by atoms with E-state index in [2.05, 4.69) is 75.7 Å². The summed E-state index contributed by atoms with van der Waals surface area (Å²) in [5, 5.41) is 16.3. The lowest BCUT2D eigenvalue weighted by molar-refractivity contribution is -0.118. The number of amides is 2. The lowest BCUT2D eigenvalue weighted by atomic mass is 9.97. The van der Waals surface area contributed by atoms with Gasteiger partial charge in [0.05, 0.1) is 6.54 Å². The van der Waals surface area contributed by atoms with Gasteiger partial charge in [-0.3, -0.25) is 9.59 Å². The smallest absolute Gasteiger partial charge is 0.253 e. The van der Waals surface area contributed by atoms with Crippen molar-refractivity contribution in [2.45, 2.75) is 63.6 Å². The number of primary amides is 1. The van der Waals surface area contributed by atoms with Crippen molar-refractivity contribution in [1.82, 2.24) is 30.0 Å². The monoisotopic (exact) mass is 686 g/mol. The van der Waals surface area contributed by atoms with E-state index >= 15 is 0 Å². The van der Waals surface area contributed by atoms with E-state index in [-0.39, 0.29) is 11.8 Å². The second-order valence-electron chi connectivity index (χ2n) is 10.8. The number of aryl methyl sites for hydroxylation is 1. The van der Waals surface area contributed by atoms with Crippen molar-refractivity contribution < 1.29 is 9.59 Å². The van der Waals surface area contributed by atoms with Crippen LogP contribution in [0.4, 0.5) is 5.69 Å². The SMILES string of the molecule is NC(=O)CCCCn1nnc(-c2ccc(C(=O)N3CCC(N4CCC(Nc5ccc(Br)c(Br)c5)CC4)CC3)cc2)n1. The highest BCUT2D eigenvalue weighted by Gasteiger charge is 2.30. The van der Waals surface area contributed by atoms with Crippen LogP contribution in [0.25, 0.3) is 11.4 Å². The van der Waals surface area contributed by atoms with Gasteiger partial charge in [-0.2, -0.15) is 4.80 Å². The summed E-state index contributed by atoms with van der Waals surface area (Å²) < 4.78 is 2.12. The van der Waals surface area contributed by atoms with Gasteiger partial charge in [0, 0.05) is 70.4 Å². The Bertz CT molecular complexity index is 1330. The summed E-state index contributed by atoms with van der Waals surface area (Å²) in [7, 11) is 0. The van der Waals surface area contributed by atoms with Crippen LogP contribution < -0.4 is 11.1 Å². The fraction of sp³-hybridized carbons (Fsp3) is 0.483. The van der Waals surface area contributed by atoms with Gasteiger partial charge < -0.3 is 20.9 Å². The van der Waals surface area contributed by atoms with Crippen molar-refractivity contribution in [1.29, 1.82) is 0 Å². The Morgan fingerprint density at radius 1 is 0.927 bits per heavy atom. The number of nitrogens with one attached hydrogen (secondary N) is 1. The third-order valence-corrected chi connectivity index (χ3v) is 9.84. The minimum Gasteiger partial charge on any atom is -0.382 e. The molecule has 2 fully saturated rings. The van der Waals surface area contributed by atoms with E-state index in [1.54, 1.807) is 0 Å². The zero-order chi connectivity index (χ0) is 28.8. The Morgan fingerprint density at radius 2 is 1.66 bits per heavy atom. The molecule has 2 aromatic carbocycles. The summed E-state index contributed by atoms with van der Waals surface area (Å²) >= 11 is 7.12. The third kappa shape index (κ3) is 7.92. The number of piperidine rings is 2. The van der Waals surface area contributed by atoms with E-state index in [0.29, 0.717) is 42.9 Å². The number of rotatable bonds is 10. The summed E-state index contributed by atoms with van der Waals surface area (Å²) in [4.78, 5) is 30.2. The van der Waals surface area contributed by atoms with Crippen LogP contribution in [-0.2, 0) is 11.3 Å². The average Bonchev–Trinajstić information content (AvgIpc) is 3.46. The predicted molar refractivity (Wildman–Crippen MR) is 165 cm³/mol. The first kappa shape index (κ1) is 29.7. The Hall–Kier alpha value is -2.83. The molecule has 0 aliphatic carbocycles. The molecule has 0 atom stereocenters. The van der Waals surface area contributed by atoms with E-state index in [9.17, 15) is 9.59 Å². The van der Waals surface area contributed by atoms with Crippen LogP contribution in [0.3, 0.4) is 0 Å². The molecule has 3 heterocycles. The molecule has 218 valence electrons. The maximum Gasteiger partial charge on any atom is 0.253 e. The molecule has 0 bridgehead atoms. The number of nitrogens with two attached hydrogens (primary N) is 1. The molecule has 0 radical (unpaired) electrons. The largest absolute Gasteiger partial charge is 0.382 e. The van der Waals surface area contributed by atoms with Crippen LogP contribution in [0.15, 0.2) is 51.4 Å². The number of nitrogens with zero attached hydrogens (tertiary/aromatic N) is 6. The molecule has 2 amide bonds. The minimum atomic E-state index is -0.299. The van der Waals surface area contributed by atoms with Gasteiger partial charge in [-0.05, 0) is 106 Å². The zero-order valence-electron chi connectivity index (χ0n) is 23.0. The maximum atomic E-state index is 13.2. The van der Waals surface area contributed by atoms with Crippen LogP contribution in [0.5, 0.6) is 0 Å². The maximum absolute atomic E-state index is 13.2. The quantitative estimate of drug-likeness (QED) is 0.296. The second-order valence-corrected chi connectivity index (χ2v) is 12.5. The number of tetrazole rings is 1. The van der Waals surface area contributed by atoms with Crippen molar-refractivity contribution in [2.75, 3.05) is 31.5 Å². The number of hydrogen-bond donors (Lipinski definition) is 2. The Balaban J connectivity index is 1.06. The molecule has 3 N–H and O–H groups in total. The molecule has 0 saturated carbocycles. The molecule has 2 saturated heterocycles. The Kier molecular flexibility index (Phi) is 10.0. The lowest BCUT2D eigenvalue weighted by Crippen LogP contribution is -2.50. The van der Waals surface area contributed by atoms with Crippen LogP contribution in [0, 0.1) is 0 Å². The zero-order valence-corrected chi connectivity index (χ0v) is 26.2. The molecule has 2 aliphatic heterocycles. The Morgan fingerprint density at radius 3 is 2.34 bits per heavy atom. The average molecular weight is 688 g/mol. The van der Waals surface area contributed by atoms with Gasteiger partial charge >= 0.3 is 0 Å². The lowest BCUT2D eigenvalue weighted by Gasteiger charge is -2.42. The van der Waals surface area contributed by atoms with Crippen molar-refractivity contribution in [3.63, 3.8) is 0 Å². The molecule has 10 nitrogen and oxygen atoms in total. The van der Waals surface area contributed by atoms with E-state index in [4.69, 9.17) is 5.73 Å². The fourth-order valence-electron chi connectivity index (χ4n) is 5.62.